The van der Waals surface area contributed by atoms with Crippen LogP contribution >= 0.6 is 34.5 Å². The van der Waals surface area contributed by atoms with Crippen LogP contribution in [0.2, 0.25) is 10.0 Å². The molecule has 3 aromatic heterocycles. The number of rotatable bonds is 4. The average Bonchev–Trinajstić information content (AvgIpc) is 3.31. The van der Waals surface area contributed by atoms with E-state index in [4.69, 9.17) is 23.2 Å². The van der Waals surface area contributed by atoms with E-state index in [-0.39, 0.29) is 18.0 Å². The molecular formula is C19H15Cl2N5O3S. The van der Waals surface area contributed by atoms with Crippen LogP contribution in [0.15, 0.2) is 39.4 Å². The van der Waals surface area contributed by atoms with Gasteiger partial charge in [-0.3, -0.25) is 19.1 Å². The number of halogens is 2. The van der Waals surface area contributed by atoms with Gasteiger partial charge in [-0.2, -0.15) is 0 Å². The molecule has 0 unspecified atom stereocenters. The molecule has 0 radical (unpaired) electrons. The molecule has 0 aliphatic heterocycles. The van der Waals surface area contributed by atoms with Crippen LogP contribution in [-0.2, 0) is 18.4 Å². The van der Waals surface area contributed by atoms with Gasteiger partial charge in [0.25, 0.3) is 5.56 Å². The highest BCUT2D eigenvalue weighted by molar-refractivity contribution is 7.14. The molecule has 0 aliphatic rings. The van der Waals surface area contributed by atoms with E-state index >= 15 is 0 Å². The van der Waals surface area contributed by atoms with Crippen LogP contribution in [0.25, 0.3) is 22.3 Å². The summed E-state index contributed by atoms with van der Waals surface area (Å²) in [5, 5.41) is 5.99. The number of amides is 1. The Bertz CT molecular complexity index is 1390. The van der Waals surface area contributed by atoms with Crippen molar-refractivity contribution in [2.24, 2.45) is 7.05 Å². The van der Waals surface area contributed by atoms with E-state index in [9.17, 15) is 14.4 Å². The number of hydrogen-bond donors (Lipinski definition) is 2. The number of benzene rings is 1. The first-order valence-electron chi connectivity index (χ1n) is 8.74. The normalized spacial score (nSPS) is 11.2. The summed E-state index contributed by atoms with van der Waals surface area (Å²) in [4.78, 5) is 43.0. The smallest absolute Gasteiger partial charge is 0.328 e. The second kappa shape index (κ2) is 7.75. The summed E-state index contributed by atoms with van der Waals surface area (Å²) in [6.45, 7) is 1.72. The van der Waals surface area contributed by atoms with Crippen LogP contribution in [0.1, 0.15) is 5.56 Å². The minimum absolute atomic E-state index is 0.109. The molecule has 1 aromatic carbocycles. The Morgan fingerprint density at radius 3 is 2.67 bits per heavy atom. The Hall–Kier alpha value is -2.88. The van der Waals surface area contributed by atoms with Crippen LogP contribution in [-0.4, -0.2) is 25.0 Å². The maximum atomic E-state index is 12.5. The van der Waals surface area contributed by atoms with Gasteiger partial charge in [0.2, 0.25) is 5.91 Å². The maximum absolute atomic E-state index is 12.5. The molecule has 0 fully saturated rings. The van der Waals surface area contributed by atoms with Crippen molar-refractivity contribution in [3.05, 3.63) is 66.2 Å². The van der Waals surface area contributed by atoms with Crippen LogP contribution in [0, 0.1) is 6.92 Å². The number of nitrogens with zero attached hydrogens (tertiary/aromatic N) is 3. The fraction of sp³-hybridized carbons (Fsp3) is 0.158. The Morgan fingerprint density at radius 2 is 1.97 bits per heavy atom. The van der Waals surface area contributed by atoms with Gasteiger partial charge in [-0.15, -0.1) is 11.3 Å². The zero-order chi connectivity index (χ0) is 21.6. The molecule has 0 saturated heterocycles. The highest BCUT2D eigenvalue weighted by Gasteiger charge is 2.14. The SMILES string of the molecule is Cc1c(Cl)cc(-c2csc(NC(=O)Cn3ccc4c3c(=O)[nH]c(=O)n4C)n2)cc1Cl. The maximum Gasteiger partial charge on any atom is 0.328 e. The lowest BCUT2D eigenvalue weighted by Crippen LogP contribution is -2.29. The van der Waals surface area contributed by atoms with Crippen molar-refractivity contribution in [2.75, 3.05) is 5.32 Å². The number of H-pyrrole nitrogens is 1. The second-order valence-corrected chi connectivity index (χ2v) is 8.32. The fourth-order valence-electron chi connectivity index (χ4n) is 3.03. The van der Waals surface area contributed by atoms with Crippen LogP contribution in [0.3, 0.4) is 0 Å². The summed E-state index contributed by atoms with van der Waals surface area (Å²) in [7, 11) is 1.55. The van der Waals surface area contributed by atoms with Gasteiger partial charge in [-0.1, -0.05) is 23.2 Å². The number of hydrogen-bond acceptors (Lipinski definition) is 5. The summed E-state index contributed by atoms with van der Waals surface area (Å²) in [5.74, 6) is -0.360. The lowest BCUT2D eigenvalue weighted by atomic mass is 10.1. The molecule has 0 aliphatic carbocycles. The molecule has 3 heterocycles. The number of carbonyl (C=O) groups is 1. The van der Waals surface area contributed by atoms with Gasteiger partial charge in [-0.05, 0) is 30.7 Å². The summed E-state index contributed by atoms with van der Waals surface area (Å²) < 4.78 is 2.80. The van der Waals surface area contributed by atoms with Gasteiger partial charge in [0.1, 0.15) is 12.1 Å². The lowest BCUT2D eigenvalue weighted by Gasteiger charge is -2.06. The number of aromatic nitrogens is 4. The minimum atomic E-state index is -0.546. The van der Waals surface area contributed by atoms with E-state index < -0.39 is 11.2 Å². The van der Waals surface area contributed by atoms with Crippen LogP contribution in [0.4, 0.5) is 5.13 Å². The molecule has 2 N–H and O–H groups in total. The van der Waals surface area contributed by atoms with Gasteiger partial charge in [-0.25, -0.2) is 9.78 Å². The molecule has 4 aromatic rings. The van der Waals surface area contributed by atoms with E-state index in [1.54, 1.807) is 36.8 Å². The molecule has 1 amide bonds. The topological polar surface area (TPSA) is 102 Å². The Kier molecular flexibility index (Phi) is 5.27. The number of anilines is 1. The summed E-state index contributed by atoms with van der Waals surface area (Å²) in [5.41, 5.74) is 1.81. The van der Waals surface area contributed by atoms with Crippen molar-refractivity contribution in [3.63, 3.8) is 0 Å². The fourth-order valence-corrected chi connectivity index (χ4v) is 4.25. The van der Waals surface area contributed by atoms with Crippen molar-refractivity contribution in [3.8, 4) is 11.3 Å². The summed E-state index contributed by atoms with van der Waals surface area (Å²) >= 11 is 13.6. The molecular weight excluding hydrogens is 449 g/mol. The third-order valence-electron chi connectivity index (χ3n) is 4.68. The van der Waals surface area contributed by atoms with E-state index in [2.05, 4.69) is 15.3 Å². The van der Waals surface area contributed by atoms with E-state index in [0.717, 1.165) is 11.1 Å². The first kappa shape index (κ1) is 20.4. The predicted molar refractivity (Wildman–Crippen MR) is 119 cm³/mol. The predicted octanol–water partition coefficient (Wildman–Crippen LogP) is 3.41. The first-order valence-corrected chi connectivity index (χ1v) is 10.4. The zero-order valence-electron chi connectivity index (χ0n) is 15.8. The molecule has 11 heteroatoms. The molecule has 30 heavy (non-hydrogen) atoms. The monoisotopic (exact) mass is 463 g/mol. The van der Waals surface area contributed by atoms with Crippen LogP contribution < -0.4 is 16.6 Å². The van der Waals surface area contributed by atoms with Gasteiger partial charge in [0, 0.05) is 34.2 Å². The van der Waals surface area contributed by atoms with Crippen molar-refractivity contribution >= 4 is 56.6 Å². The minimum Gasteiger partial charge on any atom is -0.332 e. The Morgan fingerprint density at radius 1 is 1.27 bits per heavy atom. The van der Waals surface area contributed by atoms with Crippen molar-refractivity contribution in [2.45, 2.75) is 13.5 Å². The van der Waals surface area contributed by atoms with E-state index in [0.29, 0.717) is 26.4 Å². The molecule has 0 bridgehead atoms. The molecule has 0 spiro atoms. The molecule has 0 atom stereocenters. The quantitative estimate of drug-likeness (QED) is 0.483. The van der Waals surface area contributed by atoms with Crippen LogP contribution in [0.5, 0.6) is 0 Å². The number of aromatic amines is 1. The lowest BCUT2D eigenvalue weighted by molar-refractivity contribution is -0.116. The van der Waals surface area contributed by atoms with E-state index in [1.165, 1.54) is 20.5 Å². The first-order chi connectivity index (χ1) is 14.2. The number of fused-ring (bicyclic) bond motifs is 1. The van der Waals surface area contributed by atoms with Gasteiger partial charge in [0.05, 0.1) is 11.2 Å². The Labute approximate surface area is 183 Å². The number of aryl methyl sites for hydroxylation is 1. The van der Waals surface area contributed by atoms with Crippen molar-refractivity contribution in [1.29, 1.82) is 0 Å². The van der Waals surface area contributed by atoms with E-state index in [1.807, 2.05) is 6.92 Å². The Balaban J connectivity index is 1.55. The second-order valence-electron chi connectivity index (χ2n) is 6.65. The van der Waals surface area contributed by atoms with Gasteiger partial charge in [0.15, 0.2) is 5.13 Å². The van der Waals surface area contributed by atoms with Crippen molar-refractivity contribution in [1.82, 2.24) is 19.1 Å². The van der Waals surface area contributed by atoms with Gasteiger partial charge >= 0.3 is 5.69 Å². The third-order valence-corrected chi connectivity index (χ3v) is 6.23. The standard InChI is InChI=1S/C19H15Cl2N5O3S/c1-9-11(20)5-10(6-12(9)21)13-8-30-18(22-13)23-15(27)7-26-4-3-14-16(26)17(28)24-19(29)25(14)2/h3-6,8H,7H2,1-2H3,(H,22,23,27)(H,24,28,29). The number of nitrogens with one attached hydrogen (secondary N) is 2. The van der Waals surface area contributed by atoms with Crippen molar-refractivity contribution < 1.29 is 4.79 Å². The number of carbonyl (C=O) groups excluding carboxylic acids is 1. The number of thiazole rings is 1. The largest absolute Gasteiger partial charge is 0.332 e. The zero-order valence-corrected chi connectivity index (χ0v) is 18.2. The molecule has 8 nitrogen and oxygen atoms in total. The molecule has 0 saturated carbocycles. The summed E-state index contributed by atoms with van der Waals surface area (Å²) in [6, 6.07) is 5.16. The highest BCUT2D eigenvalue weighted by Crippen LogP contribution is 2.32. The average molecular weight is 464 g/mol. The summed E-state index contributed by atoms with van der Waals surface area (Å²) in [6.07, 6.45) is 1.59. The third kappa shape index (κ3) is 3.67. The molecule has 4 rings (SSSR count). The van der Waals surface area contributed by atoms with Gasteiger partial charge < -0.3 is 9.88 Å². The molecule has 154 valence electrons. The highest BCUT2D eigenvalue weighted by atomic mass is 35.5.